The second kappa shape index (κ2) is 5.67. The van der Waals surface area contributed by atoms with Crippen molar-refractivity contribution in [3.8, 4) is 16.3 Å². The lowest BCUT2D eigenvalue weighted by Crippen LogP contribution is -2.15. The number of thiazole rings is 1. The van der Waals surface area contributed by atoms with Gasteiger partial charge in [-0.3, -0.25) is 4.98 Å². The van der Waals surface area contributed by atoms with Gasteiger partial charge in [0.15, 0.2) is 0 Å². The van der Waals surface area contributed by atoms with Gasteiger partial charge in [0.2, 0.25) is 0 Å². The lowest BCUT2D eigenvalue weighted by atomic mass is 10.00. The zero-order chi connectivity index (χ0) is 13.1. The molecule has 3 rings (SSSR count). The van der Waals surface area contributed by atoms with Crippen molar-refractivity contribution in [3.63, 3.8) is 0 Å². The van der Waals surface area contributed by atoms with E-state index in [0.29, 0.717) is 5.92 Å². The van der Waals surface area contributed by atoms with E-state index in [4.69, 9.17) is 14.5 Å². The summed E-state index contributed by atoms with van der Waals surface area (Å²) in [5.41, 5.74) is 2.09. The number of hydrogen-bond acceptors (Lipinski definition) is 5. The first kappa shape index (κ1) is 12.6. The van der Waals surface area contributed by atoms with Crippen LogP contribution in [0.1, 0.15) is 24.5 Å². The molecule has 3 heterocycles. The molecule has 1 atom stereocenters. The van der Waals surface area contributed by atoms with Crippen molar-refractivity contribution in [2.75, 3.05) is 20.3 Å². The fourth-order valence-corrected chi connectivity index (χ4v) is 3.21. The summed E-state index contributed by atoms with van der Waals surface area (Å²) in [6.07, 6.45) is 5.81. The third-order valence-electron chi connectivity index (χ3n) is 3.33. The topological polar surface area (TPSA) is 44.2 Å². The molecule has 1 aliphatic rings. The van der Waals surface area contributed by atoms with Gasteiger partial charge in [-0.2, -0.15) is 0 Å². The molecule has 0 spiro atoms. The monoisotopic (exact) mass is 276 g/mol. The minimum absolute atomic E-state index is 0.432. The number of nitrogens with zero attached hydrogens (tertiary/aromatic N) is 2. The first-order valence-electron chi connectivity index (χ1n) is 6.40. The molecule has 0 amide bonds. The minimum Gasteiger partial charge on any atom is -0.496 e. The fourth-order valence-electron chi connectivity index (χ4n) is 2.29. The van der Waals surface area contributed by atoms with Gasteiger partial charge in [0.05, 0.1) is 25.0 Å². The molecule has 2 aromatic rings. The van der Waals surface area contributed by atoms with E-state index in [1.165, 1.54) is 0 Å². The van der Waals surface area contributed by atoms with Gasteiger partial charge < -0.3 is 9.47 Å². The Hall–Kier alpha value is -1.46. The van der Waals surface area contributed by atoms with Gasteiger partial charge in [0, 0.05) is 30.3 Å². The van der Waals surface area contributed by atoms with E-state index in [1.807, 2.05) is 6.07 Å². The Morgan fingerprint density at radius 1 is 1.47 bits per heavy atom. The number of rotatable bonds is 3. The summed E-state index contributed by atoms with van der Waals surface area (Å²) < 4.78 is 10.9. The zero-order valence-electron chi connectivity index (χ0n) is 10.8. The van der Waals surface area contributed by atoms with Crippen LogP contribution in [0.25, 0.3) is 10.6 Å². The molecule has 100 valence electrons. The van der Waals surface area contributed by atoms with Crippen LogP contribution in [0.5, 0.6) is 5.75 Å². The van der Waals surface area contributed by atoms with Crippen LogP contribution < -0.4 is 4.74 Å². The van der Waals surface area contributed by atoms with Crippen LogP contribution >= 0.6 is 11.3 Å². The summed E-state index contributed by atoms with van der Waals surface area (Å²) in [5, 5.41) is 3.09. The van der Waals surface area contributed by atoms with Gasteiger partial charge in [0.25, 0.3) is 0 Å². The maximum Gasteiger partial charge on any atom is 0.132 e. The van der Waals surface area contributed by atoms with E-state index in [2.05, 4.69) is 10.4 Å². The van der Waals surface area contributed by atoms with Crippen LogP contribution in [0.15, 0.2) is 23.8 Å². The molecule has 0 bridgehead atoms. The first-order valence-corrected chi connectivity index (χ1v) is 7.28. The average Bonchev–Trinajstić information content (AvgIpc) is 2.98. The smallest absolute Gasteiger partial charge is 0.132 e. The Morgan fingerprint density at radius 3 is 3.21 bits per heavy atom. The van der Waals surface area contributed by atoms with E-state index in [9.17, 15) is 0 Å². The highest BCUT2D eigenvalue weighted by molar-refractivity contribution is 7.13. The summed E-state index contributed by atoms with van der Waals surface area (Å²) in [4.78, 5) is 8.88. The lowest BCUT2D eigenvalue weighted by molar-refractivity contribution is 0.0795. The Balaban J connectivity index is 1.88. The minimum atomic E-state index is 0.432. The van der Waals surface area contributed by atoms with Gasteiger partial charge in [-0.05, 0) is 18.9 Å². The molecule has 0 aromatic carbocycles. The Bertz CT molecular complexity index is 550. The number of pyridine rings is 1. The van der Waals surface area contributed by atoms with Crippen molar-refractivity contribution in [2.24, 2.45) is 0 Å². The van der Waals surface area contributed by atoms with Crippen molar-refractivity contribution in [1.82, 2.24) is 9.97 Å². The average molecular weight is 276 g/mol. The SMILES string of the molecule is COc1ccncc1-c1nc(C2CCCOC2)cs1. The molecular formula is C14H16N2O2S. The quantitative estimate of drug-likeness (QED) is 0.864. The fraction of sp³-hybridized carbons (Fsp3) is 0.429. The second-order valence-electron chi connectivity index (χ2n) is 4.57. The van der Waals surface area contributed by atoms with Crippen LogP contribution in [0.2, 0.25) is 0 Å². The van der Waals surface area contributed by atoms with Crippen LogP contribution in [0.4, 0.5) is 0 Å². The molecule has 0 saturated carbocycles. The first-order chi connectivity index (χ1) is 9.38. The molecule has 1 saturated heterocycles. The Morgan fingerprint density at radius 2 is 2.42 bits per heavy atom. The normalized spacial score (nSPS) is 19.3. The van der Waals surface area contributed by atoms with E-state index in [0.717, 1.165) is 48.1 Å². The van der Waals surface area contributed by atoms with E-state index in [1.54, 1.807) is 30.8 Å². The number of methoxy groups -OCH3 is 1. The summed E-state index contributed by atoms with van der Waals surface area (Å²) in [7, 11) is 1.67. The third kappa shape index (κ3) is 2.62. The summed E-state index contributed by atoms with van der Waals surface area (Å²) in [6, 6.07) is 1.86. The van der Waals surface area contributed by atoms with Gasteiger partial charge in [0.1, 0.15) is 10.8 Å². The van der Waals surface area contributed by atoms with E-state index < -0.39 is 0 Å². The van der Waals surface area contributed by atoms with Crippen LogP contribution in [0, 0.1) is 0 Å². The van der Waals surface area contributed by atoms with Crippen molar-refractivity contribution < 1.29 is 9.47 Å². The summed E-state index contributed by atoms with van der Waals surface area (Å²) in [5.74, 6) is 1.25. The summed E-state index contributed by atoms with van der Waals surface area (Å²) in [6.45, 7) is 1.66. The highest BCUT2D eigenvalue weighted by Crippen LogP contribution is 2.34. The predicted octanol–water partition coefficient (Wildman–Crippen LogP) is 3.11. The Labute approximate surface area is 116 Å². The third-order valence-corrected chi connectivity index (χ3v) is 4.23. The molecule has 5 heteroatoms. The molecular weight excluding hydrogens is 260 g/mol. The number of hydrogen-bond donors (Lipinski definition) is 0. The molecule has 2 aromatic heterocycles. The Kier molecular flexibility index (Phi) is 3.75. The van der Waals surface area contributed by atoms with Gasteiger partial charge in [-0.25, -0.2) is 4.98 Å². The molecule has 1 aliphatic heterocycles. The summed E-state index contributed by atoms with van der Waals surface area (Å²) >= 11 is 1.64. The van der Waals surface area contributed by atoms with Crippen molar-refractivity contribution in [1.29, 1.82) is 0 Å². The molecule has 19 heavy (non-hydrogen) atoms. The maximum absolute atomic E-state index is 5.52. The lowest BCUT2D eigenvalue weighted by Gasteiger charge is -2.20. The molecule has 1 unspecified atom stereocenters. The second-order valence-corrected chi connectivity index (χ2v) is 5.43. The van der Waals surface area contributed by atoms with Crippen LogP contribution in [0.3, 0.4) is 0 Å². The van der Waals surface area contributed by atoms with Crippen molar-refractivity contribution in [2.45, 2.75) is 18.8 Å². The molecule has 4 nitrogen and oxygen atoms in total. The van der Waals surface area contributed by atoms with Crippen LogP contribution in [-0.4, -0.2) is 30.3 Å². The van der Waals surface area contributed by atoms with Gasteiger partial charge >= 0.3 is 0 Å². The van der Waals surface area contributed by atoms with Crippen molar-refractivity contribution in [3.05, 3.63) is 29.5 Å². The van der Waals surface area contributed by atoms with Gasteiger partial charge in [-0.15, -0.1) is 11.3 Å². The maximum atomic E-state index is 5.52. The highest BCUT2D eigenvalue weighted by Gasteiger charge is 2.20. The molecule has 0 N–H and O–H groups in total. The van der Waals surface area contributed by atoms with Crippen LogP contribution in [-0.2, 0) is 4.74 Å². The van der Waals surface area contributed by atoms with E-state index >= 15 is 0 Å². The number of aromatic nitrogens is 2. The number of ether oxygens (including phenoxy) is 2. The van der Waals surface area contributed by atoms with E-state index in [-0.39, 0.29) is 0 Å². The standard InChI is InChI=1S/C14H16N2O2S/c1-17-13-4-5-15-7-11(13)14-16-12(9-19-14)10-3-2-6-18-8-10/h4-5,7,9-10H,2-3,6,8H2,1H3. The van der Waals surface area contributed by atoms with Gasteiger partial charge in [-0.1, -0.05) is 0 Å². The zero-order valence-corrected chi connectivity index (χ0v) is 11.7. The molecule has 0 aliphatic carbocycles. The molecule has 1 fully saturated rings. The highest BCUT2D eigenvalue weighted by atomic mass is 32.1. The molecule has 0 radical (unpaired) electrons. The largest absolute Gasteiger partial charge is 0.496 e. The van der Waals surface area contributed by atoms with Crippen molar-refractivity contribution >= 4 is 11.3 Å². The predicted molar refractivity (Wildman–Crippen MR) is 74.7 cm³/mol.